The molecule has 1 aromatic heterocycles. The lowest BCUT2D eigenvalue weighted by Crippen LogP contribution is -2.32. The van der Waals surface area contributed by atoms with E-state index in [1.54, 1.807) is 11.3 Å². The molecule has 0 bridgehead atoms. The molecule has 15 heavy (non-hydrogen) atoms. The summed E-state index contributed by atoms with van der Waals surface area (Å²) in [6.07, 6.45) is 3.77. The second-order valence-corrected chi connectivity index (χ2v) is 5.41. The first-order chi connectivity index (χ1) is 7.25. The van der Waals surface area contributed by atoms with Gasteiger partial charge < -0.3 is 11.1 Å². The molecule has 1 saturated carbocycles. The van der Waals surface area contributed by atoms with Crippen molar-refractivity contribution >= 4 is 11.3 Å². The molecule has 2 rings (SSSR count). The molecule has 1 fully saturated rings. The number of nitrogens with one attached hydrogen (secondary N) is 1. The highest BCUT2D eigenvalue weighted by atomic mass is 32.1. The third-order valence-electron chi connectivity index (χ3n) is 3.10. The van der Waals surface area contributed by atoms with Gasteiger partial charge >= 0.3 is 0 Å². The minimum Gasteiger partial charge on any atom is -0.327 e. The molecule has 84 valence electrons. The van der Waals surface area contributed by atoms with Crippen LogP contribution in [0.2, 0.25) is 0 Å². The highest BCUT2D eigenvalue weighted by molar-refractivity contribution is 7.09. The normalized spacial score (nSPS) is 26.0. The van der Waals surface area contributed by atoms with Gasteiger partial charge in [-0.05, 0) is 32.2 Å². The molecule has 3 nitrogen and oxygen atoms in total. The Bertz CT molecular complexity index is 311. The quantitative estimate of drug-likeness (QED) is 0.819. The van der Waals surface area contributed by atoms with E-state index >= 15 is 0 Å². The molecule has 2 atom stereocenters. The Morgan fingerprint density at radius 1 is 1.60 bits per heavy atom. The third kappa shape index (κ3) is 3.00. The Morgan fingerprint density at radius 2 is 2.47 bits per heavy atom. The van der Waals surface area contributed by atoms with Crippen molar-refractivity contribution in [3.8, 4) is 0 Å². The summed E-state index contributed by atoms with van der Waals surface area (Å²) < 4.78 is 0. The van der Waals surface area contributed by atoms with E-state index < -0.39 is 0 Å². The van der Waals surface area contributed by atoms with Crippen molar-refractivity contribution in [3.05, 3.63) is 16.1 Å². The largest absolute Gasteiger partial charge is 0.327 e. The van der Waals surface area contributed by atoms with Gasteiger partial charge in [-0.1, -0.05) is 6.42 Å². The molecule has 0 radical (unpaired) electrons. The summed E-state index contributed by atoms with van der Waals surface area (Å²) in [5, 5.41) is 6.72. The van der Waals surface area contributed by atoms with Crippen LogP contribution >= 0.6 is 11.3 Å². The smallest absolute Gasteiger partial charge is 0.0897 e. The maximum Gasteiger partial charge on any atom is 0.0897 e. The fourth-order valence-electron chi connectivity index (χ4n) is 2.19. The van der Waals surface area contributed by atoms with Gasteiger partial charge in [-0.25, -0.2) is 4.98 Å². The number of hydrogen-bond acceptors (Lipinski definition) is 4. The summed E-state index contributed by atoms with van der Waals surface area (Å²) in [6, 6.07) is 0.412. The lowest BCUT2D eigenvalue weighted by molar-refractivity contribution is 0.440. The third-order valence-corrected chi connectivity index (χ3v) is 3.92. The zero-order chi connectivity index (χ0) is 10.7. The number of nitrogens with two attached hydrogens (primary N) is 1. The van der Waals surface area contributed by atoms with Crippen LogP contribution in [0, 0.1) is 12.8 Å². The van der Waals surface area contributed by atoms with E-state index in [4.69, 9.17) is 5.73 Å². The number of aromatic nitrogens is 1. The van der Waals surface area contributed by atoms with E-state index in [2.05, 4.69) is 15.7 Å². The van der Waals surface area contributed by atoms with E-state index in [1.807, 2.05) is 6.92 Å². The van der Waals surface area contributed by atoms with E-state index in [0.717, 1.165) is 23.8 Å². The Morgan fingerprint density at radius 3 is 3.07 bits per heavy atom. The molecule has 0 spiro atoms. The average Bonchev–Trinajstić information content (AvgIpc) is 2.77. The number of thiazole rings is 1. The fourth-order valence-corrected chi connectivity index (χ4v) is 2.81. The second kappa shape index (κ2) is 5.05. The van der Waals surface area contributed by atoms with Gasteiger partial charge in [0.1, 0.15) is 0 Å². The molecule has 1 aromatic rings. The number of rotatable bonds is 4. The Labute approximate surface area is 95.1 Å². The minimum atomic E-state index is 0.412. The summed E-state index contributed by atoms with van der Waals surface area (Å²) in [6.45, 7) is 3.96. The fraction of sp³-hybridized carbons (Fsp3) is 0.727. The van der Waals surface area contributed by atoms with Crippen LogP contribution in [0.3, 0.4) is 0 Å². The summed E-state index contributed by atoms with van der Waals surface area (Å²) in [4.78, 5) is 4.42. The van der Waals surface area contributed by atoms with Crippen molar-refractivity contribution in [3.63, 3.8) is 0 Å². The van der Waals surface area contributed by atoms with Crippen LogP contribution < -0.4 is 11.1 Å². The summed E-state index contributed by atoms with van der Waals surface area (Å²) >= 11 is 1.71. The van der Waals surface area contributed by atoms with Gasteiger partial charge in [0, 0.05) is 18.0 Å². The highest BCUT2D eigenvalue weighted by Crippen LogP contribution is 2.23. The first-order valence-electron chi connectivity index (χ1n) is 5.63. The van der Waals surface area contributed by atoms with E-state index in [-0.39, 0.29) is 0 Å². The van der Waals surface area contributed by atoms with Crippen molar-refractivity contribution in [2.75, 3.05) is 6.54 Å². The van der Waals surface area contributed by atoms with Gasteiger partial charge in [0.15, 0.2) is 0 Å². The first kappa shape index (κ1) is 11.0. The van der Waals surface area contributed by atoms with Crippen LogP contribution in [-0.4, -0.2) is 17.6 Å². The van der Waals surface area contributed by atoms with Crippen molar-refractivity contribution < 1.29 is 0 Å². The van der Waals surface area contributed by atoms with Gasteiger partial charge in [0.2, 0.25) is 0 Å². The number of nitrogens with zero attached hydrogens (tertiary/aromatic N) is 1. The molecule has 1 heterocycles. The number of aryl methyl sites for hydroxylation is 1. The molecule has 2 unspecified atom stereocenters. The van der Waals surface area contributed by atoms with Gasteiger partial charge in [-0.3, -0.25) is 0 Å². The van der Waals surface area contributed by atoms with E-state index in [1.165, 1.54) is 19.3 Å². The maximum atomic E-state index is 6.01. The zero-order valence-electron chi connectivity index (χ0n) is 9.20. The predicted octanol–water partition coefficient (Wildman–Crippen LogP) is 1.67. The van der Waals surface area contributed by atoms with E-state index in [9.17, 15) is 0 Å². The van der Waals surface area contributed by atoms with Crippen molar-refractivity contribution in [1.29, 1.82) is 0 Å². The van der Waals surface area contributed by atoms with Crippen LogP contribution in [0.25, 0.3) is 0 Å². The van der Waals surface area contributed by atoms with Crippen molar-refractivity contribution in [2.45, 2.75) is 38.8 Å². The molecule has 3 N–H and O–H groups in total. The maximum absolute atomic E-state index is 6.01. The molecular weight excluding hydrogens is 206 g/mol. The second-order valence-electron chi connectivity index (χ2n) is 4.34. The van der Waals surface area contributed by atoms with Gasteiger partial charge in [0.05, 0.1) is 10.7 Å². The molecule has 0 aliphatic heterocycles. The SMILES string of the molecule is Cc1nc(CNCC2CCCC2N)cs1. The van der Waals surface area contributed by atoms with Crippen LogP contribution in [0.4, 0.5) is 0 Å². The molecule has 4 heteroatoms. The Kier molecular flexibility index (Phi) is 3.72. The lowest BCUT2D eigenvalue weighted by atomic mass is 10.1. The summed E-state index contributed by atoms with van der Waals surface area (Å²) in [5.74, 6) is 0.671. The molecule has 0 saturated heterocycles. The lowest BCUT2D eigenvalue weighted by Gasteiger charge is -2.15. The molecule has 0 amide bonds. The summed E-state index contributed by atoms with van der Waals surface area (Å²) in [5.41, 5.74) is 7.17. The molecule has 1 aliphatic rings. The summed E-state index contributed by atoms with van der Waals surface area (Å²) in [7, 11) is 0. The van der Waals surface area contributed by atoms with Gasteiger partial charge in [-0.2, -0.15) is 0 Å². The standard InChI is InChI=1S/C11H19N3S/c1-8-14-10(7-15-8)6-13-5-9-3-2-4-11(9)12/h7,9,11,13H,2-6,12H2,1H3. The Hall–Kier alpha value is -0.450. The predicted molar refractivity (Wildman–Crippen MR) is 63.9 cm³/mol. The monoisotopic (exact) mass is 225 g/mol. The topological polar surface area (TPSA) is 50.9 Å². The van der Waals surface area contributed by atoms with Crippen LogP contribution in [0.1, 0.15) is 30.0 Å². The van der Waals surface area contributed by atoms with Crippen molar-refractivity contribution in [2.24, 2.45) is 11.7 Å². The average molecular weight is 225 g/mol. The first-order valence-corrected chi connectivity index (χ1v) is 6.51. The molecular formula is C11H19N3S. The zero-order valence-corrected chi connectivity index (χ0v) is 10.0. The van der Waals surface area contributed by atoms with Crippen LogP contribution in [0.15, 0.2) is 5.38 Å². The van der Waals surface area contributed by atoms with Gasteiger partial charge in [0.25, 0.3) is 0 Å². The van der Waals surface area contributed by atoms with Crippen LogP contribution in [-0.2, 0) is 6.54 Å². The molecule has 1 aliphatic carbocycles. The van der Waals surface area contributed by atoms with Crippen LogP contribution in [0.5, 0.6) is 0 Å². The number of hydrogen-bond donors (Lipinski definition) is 2. The highest BCUT2D eigenvalue weighted by Gasteiger charge is 2.22. The van der Waals surface area contributed by atoms with E-state index in [0.29, 0.717) is 12.0 Å². The Balaban J connectivity index is 1.70. The minimum absolute atomic E-state index is 0.412. The van der Waals surface area contributed by atoms with Gasteiger partial charge in [-0.15, -0.1) is 11.3 Å². The van der Waals surface area contributed by atoms with Crippen molar-refractivity contribution in [1.82, 2.24) is 10.3 Å². The molecule has 0 aromatic carbocycles.